The maximum absolute atomic E-state index is 13.8. The molecule has 0 aliphatic carbocycles. The van der Waals surface area contributed by atoms with Gasteiger partial charge in [0.1, 0.15) is 42.7 Å². The van der Waals surface area contributed by atoms with Crippen molar-refractivity contribution < 1.29 is 96.9 Å². The summed E-state index contributed by atoms with van der Waals surface area (Å²) in [5.41, 5.74) is -0.309. The molecule has 3 fully saturated rings. The Morgan fingerprint density at radius 3 is 2.22 bits per heavy atom. The lowest BCUT2D eigenvalue weighted by Gasteiger charge is -2.46. The Labute approximate surface area is 313 Å². The number of ether oxygens (including phenoxy) is 10. The van der Waals surface area contributed by atoms with Crippen molar-refractivity contribution in [1.29, 1.82) is 0 Å². The van der Waals surface area contributed by atoms with Gasteiger partial charge in [-0.3, -0.25) is 14.4 Å². The summed E-state index contributed by atoms with van der Waals surface area (Å²) in [6, 6.07) is 3.52. The maximum Gasteiger partial charge on any atom is 0.342 e. The molecule has 13 atom stereocenters. The second-order valence-electron chi connectivity index (χ2n) is 12.9. The first-order valence-corrected chi connectivity index (χ1v) is 17.1. The number of hydrogen-bond donors (Lipinski definition) is 5. The monoisotopic (exact) mass is 782 g/mol. The van der Waals surface area contributed by atoms with Crippen molar-refractivity contribution in [2.75, 3.05) is 19.8 Å². The zero-order valence-electron chi connectivity index (χ0n) is 29.8. The molecule has 20 nitrogen and oxygen atoms in total. The van der Waals surface area contributed by atoms with E-state index >= 15 is 0 Å². The van der Waals surface area contributed by atoms with Gasteiger partial charge in [0.25, 0.3) is 0 Å². The largest absolute Gasteiger partial charge is 0.504 e. The highest BCUT2D eigenvalue weighted by Gasteiger charge is 2.55. The third-order valence-electron chi connectivity index (χ3n) is 9.15. The average molecular weight is 783 g/mol. The van der Waals surface area contributed by atoms with Crippen LogP contribution in [-0.2, 0) is 61.8 Å². The van der Waals surface area contributed by atoms with Crippen LogP contribution < -0.4 is 4.74 Å². The summed E-state index contributed by atoms with van der Waals surface area (Å²) in [5.74, 6) is -6.90. The van der Waals surface area contributed by atoms with Crippen molar-refractivity contribution in [2.24, 2.45) is 11.8 Å². The maximum atomic E-state index is 13.8. The first-order valence-electron chi connectivity index (χ1n) is 17.1. The standard InChI is InChI=1S/C35H42O20/c1-5-17-18-9-10-46-31(44)20(18)12-48-33(17)55-35-30(50-16(4)39)29(49-15(3)38)28(23(53-35)13-47-14(2)37)54-32(45)19-7-6-8-21(24(19)40)51-34-27(43)26(42)25(41)22(11-36)52-34/h5-8,12,17-18,22-23,25-30,33-36,40-43H,1,9-11,13H2,2-4H3/t17-,18+,22-,23-,25-,26+,27-,28-,29+,30-,33-,34-,35+/m1/s1. The predicted octanol–water partition coefficient (Wildman–Crippen LogP) is -1.13. The number of esters is 5. The fourth-order valence-electron chi connectivity index (χ4n) is 6.52. The van der Waals surface area contributed by atoms with Crippen LogP contribution in [0.25, 0.3) is 0 Å². The lowest BCUT2D eigenvalue weighted by Crippen LogP contribution is -2.63. The number of carbonyl (C=O) groups excluding carboxylic acids is 5. The van der Waals surface area contributed by atoms with E-state index in [2.05, 4.69) is 6.58 Å². The Kier molecular flexibility index (Phi) is 13.3. The van der Waals surface area contributed by atoms with Crippen molar-refractivity contribution in [2.45, 2.75) is 94.9 Å². The smallest absolute Gasteiger partial charge is 0.342 e. The number of aromatic hydroxyl groups is 1. The summed E-state index contributed by atoms with van der Waals surface area (Å²) in [5, 5.41) is 51.2. The molecule has 1 aromatic carbocycles. The molecule has 0 saturated carbocycles. The number of cyclic esters (lactones) is 1. The Balaban J connectivity index is 1.45. The second kappa shape index (κ2) is 17.8. The number of benzene rings is 1. The molecule has 1 aromatic rings. The molecule has 302 valence electrons. The summed E-state index contributed by atoms with van der Waals surface area (Å²) in [6.45, 7) is 5.72. The molecule has 4 aliphatic rings. The number of phenols is 1. The molecule has 0 unspecified atom stereocenters. The highest BCUT2D eigenvalue weighted by Crippen LogP contribution is 2.40. The summed E-state index contributed by atoms with van der Waals surface area (Å²) in [7, 11) is 0. The number of rotatable bonds is 12. The van der Waals surface area contributed by atoms with Crippen LogP contribution in [0.15, 0.2) is 42.7 Å². The fraction of sp³-hybridized carbons (Fsp3) is 0.571. The minimum atomic E-state index is -1.86. The number of para-hydroxylation sites is 1. The van der Waals surface area contributed by atoms with E-state index in [4.69, 9.17) is 47.4 Å². The third kappa shape index (κ3) is 9.18. The molecule has 0 spiro atoms. The van der Waals surface area contributed by atoms with Crippen LogP contribution in [0, 0.1) is 11.8 Å². The fourth-order valence-corrected chi connectivity index (χ4v) is 6.52. The van der Waals surface area contributed by atoms with Gasteiger partial charge in [-0.15, -0.1) is 6.58 Å². The zero-order valence-corrected chi connectivity index (χ0v) is 29.8. The Bertz CT molecular complexity index is 1640. The average Bonchev–Trinajstić information content (AvgIpc) is 3.13. The number of aliphatic hydroxyl groups excluding tert-OH is 4. The number of hydrogen-bond acceptors (Lipinski definition) is 20. The molecule has 3 saturated heterocycles. The van der Waals surface area contributed by atoms with Crippen molar-refractivity contribution in [3.63, 3.8) is 0 Å². The quantitative estimate of drug-likeness (QED) is 0.0953. The number of aliphatic hydroxyl groups is 4. The summed E-state index contributed by atoms with van der Waals surface area (Å²) < 4.78 is 55.9. The summed E-state index contributed by atoms with van der Waals surface area (Å²) >= 11 is 0. The minimum absolute atomic E-state index is 0.123. The van der Waals surface area contributed by atoms with Crippen LogP contribution in [0.4, 0.5) is 0 Å². The Morgan fingerprint density at radius 2 is 1.56 bits per heavy atom. The highest BCUT2D eigenvalue weighted by molar-refractivity contribution is 5.93. The number of phenolic OH excluding ortho intramolecular Hbond substituents is 1. The molecule has 5 N–H and O–H groups in total. The van der Waals surface area contributed by atoms with Crippen LogP contribution in [-0.4, -0.2) is 143 Å². The zero-order chi connectivity index (χ0) is 40.1. The van der Waals surface area contributed by atoms with E-state index < -0.39 is 140 Å². The van der Waals surface area contributed by atoms with E-state index in [1.54, 1.807) is 0 Å². The molecular formula is C35H42O20. The molecule has 0 radical (unpaired) electrons. The van der Waals surface area contributed by atoms with E-state index in [0.29, 0.717) is 6.42 Å². The molecule has 20 heteroatoms. The second-order valence-corrected chi connectivity index (χ2v) is 12.9. The normalized spacial score (nSPS) is 34.3. The van der Waals surface area contributed by atoms with E-state index in [0.717, 1.165) is 26.8 Å². The molecular weight excluding hydrogens is 740 g/mol. The lowest BCUT2D eigenvalue weighted by molar-refractivity contribution is -0.341. The SMILES string of the molecule is C=C[C@H]1[C@@H](O[C@@H]2O[C@H](COC(C)=O)[C@@H](OC(=O)c3cccc(O[C@@H]4O[C@H](CO)[C@@H](O)[C@H](O)[C@H]4O)c3O)[C@H](OC(C)=O)[C@H]2OC(C)=O)OC=C2C(=O)OCC[C@H]21. The third-order valence-corrected chi connectivity index (χ3v) is 9.15. The number of carbonyl (C=O) groups is 5. The molecule has 4 heterocycles. The van der Waals surface area contributed by atoms with Gasteiger partial charge in [0.05, 0.1) is 25.0 Å². The van der Waals surface area contributed by atoms with Crippen molar-refractivity contribution in [1.82, 2.24) is 0 Å². The van der Waals surface area contributed by atoms with Crippen LogP contribution in [0.5, 0.6) is 11.5 Å². The van der Waals surface area contributed by atoms with Crippen LogP contribution in [0.3, 0.4) is 0 Å². The van der Waals surface area contributed by atoms with Crippen molar-refractivity contribution in [3.05, 3.63) is 48.3 Å². The highest BCUT2D eigenvalue weighted by atomic mass is 16.8. The Hall–Kier alpha value is -4.83. The topological polar surface area (TPSA) is 279 Å². The molecule has 5 rings (SSSR count). The predicted molar refractivity (Wildman–Crippen MR) is 175 cm³/mol. The van der Waals surface area contributed by atoms with Crippen molar-refractivity contribution >= 4 is 29.8 Å². The summed E-state index contributed by atoms with van der Waals surface area (Å²) in [6.07, 6.45) is -14.8. The Morgan fingerprint density at radius 1 is 0.873 bits per heavy atom. The van der Waals surface area contributed by atoms with Gasteiger partial charge < -0.3 is 72.9 Å². The van der Waals surface area contributed by atoms with Crippen LogP contribution in [0.2, 0.25) is 0 Å². The summed E-state index contributed by atoms with van der Waals surface area (Å²) in [4.78, 5) is 63.0. The van der Waals surface area contributed by atoms with E-state index in [1.807, 2.05) is 0 Å². The van der Waals surface area contributed by atoms with Crippen molar-refractivity contribution in [3.8, 4) is 11.5 Å². The molecule has 0 amide bonds. The minimum Gasteiger partial charge on any atom is -0.504 e. The lowest BCUT2D eigenvalue weighted by atomic mass is 9.81. The van der Waals surface area contributed by atoms with Gasteiger partial charge in [-0.05, 0) is 18.6 Å². The van der Waals surface area contributed by atoms with Gasteiger partial charge in [-0.2, -0.15) is 0 Å². The first kappa shape index (κ1) is 41.3. The van der Waals surface area contributed by atoms with Gasteiger partial charge in [-0.25, -0.2) is 9.59 Å². The van der Waals surface area contributed by atoms with E-state index in [9.17, 15) is 49.5 Å². The van der Waals surface area contributed by atoms with Gasteiger partial charge in [0, 0.05) is 32.6 Å². The van der Waals surface area contributed by atoms with Gasteiger partial charge >= 0.3 is 29.8 Å². The number of fused-ring (bicyclic) bond motifs is 1. The molecule has 0 aromatic heterocycles. The van der Waals surface area contributed by atoms with Gasteiger partial charge in [-0.1, -0.05) is 12.1 Å². The van der Waals surface area contributed by atoms with Gasteiger partial charge in [0.15, 0.2) is 29.8 Å². The molecule has 55 heavy (non-hydrogen) atoms. The van der Waals surface area contributed by atoms with E-state index in [1.165, 1.54) is 24.5 Å². The van der Waals surface area contributed by atoms with Crippen LogP contribution in [0.1, 0.15) is 37.6 Å². The first-order chi connectivity index (χ1) is 26.1. The van der Waals surface area contributed by atoms with E-state index in [-0.39, 0.29) is 12.2 Å². The molecule has 0 bridgehead atoms. The van der Waals surface area contributed by atoms with Gasteiger partial charge in [0.2, 0.25) is 18.9 Å². The van der Waals surface area contributed by atoms with Crippen LogP contribution >= 0.6 is 0 Å². The molecule has 4 aliphatic heterocycles.